The number of benzene rings is 1. The summed E-state index contributed by atoms with van der Waals surface area (Å²) in [6, 6.07) is 5.95. The predicted octanol–water partition coefficient (Wildman–Crippen LogP) is 3.46. The molecule has 0 radical (unpaired) electrons. The van der Waals surface area contributed by atoms with E-state index in [4.69, 9.17) is 14.2 Å². The smallest absolute Gasteiger partial charge is 0.231 e. The minimum Gasteiger partial charge on any atom is -0.454 e. The molecule has 0 N–H and O–H groups in total. The zero-order valence-electron chi connectivity index (χ0n) is 10.1. The van der Waals surface area contributed by atoms with Gasteiger partial charge in [0.1, 0.15) is 0 Å². The van der Waals surface area contributed by atoms with Crippen LogP contribution in [-0.2, 0) is 4.74 Å². The molecule has 1 heterocycles. The summed E-state index contributed by atoms with van der Waals surface area (Å²) >= 11 is 0. The highest BCUT2D eigenvalue weighted by Crippen LogP contribution is 2.35. The lowest BCUT2D eigenvalue weighted by Crippen LogP contribution is -2.04. The standard InChI is InChI=1S/C14H18O3/c1-3-5-12(15-8-4-2)11-6-7-13-14(9-11)17-10-16-13/h3,6-7,9,12H,1,4-5,8,10H2,2H3. The summed E-state index contributed by atoms with van der Waals surface area (Å²) in [7, 11) is 0. The highest BCUT2D eigenvalue weighted by atomic mass is 16.7. The van der Waals surface area contributed by atoms with Crippen LogP contribution in [0.25, 0.3) is 0 Å². The first kappa shape index (κ1) is 12.0. The van der Waals surface area contributed by atoms with Gasteiger partial charge in [-0.1, -0.05) is 19.1 Å². The lowest BCUT2D eigenvalue weighted by atomic mass is 10.1. The Bertz CT molecular complexity index is 387. The predicted molar refractivity (Wildman–Crippen MR) is 66.4 cm³/mol. The first-order chi connectivity index (χ1) is 8.35. The molecule has 0 saturated heterocycles. The Kier molecular flexibility index (Phi) is 4.04. The van der Waals surface area contributed by atoms with Gasteiger partial charge in [0.2, 0.25) is 6.79 Å². The number of fused-ring (bicyclic) bond motifs is 1. The molecule has 3 nitrogen and oxygen atoms in total. The Morgan fingerprint density at radius 1 is 1.41 bits per heavy atom. The molecule has 92 valence electrons. The molecule has 0 bridgehead atoms. The number of hydrogen-bond donors (Lipinski definition) is 0. The molecule has 1 aliphatic rings. The van der Waals surface area contributed by atoms with Crippen molar-refractivity contribution >= 4 is 0 Å². The normalized spacial score (nSPS) is 14.6. The second kappa shape index (κ2) is 5.73. The molecule has 0 saturated carbocycles. The van der Waals surface area contributed by atoms with Crippen LogP contribution in [0.2, 0.25) is 0 Å². The van der Waals surface area contributed by atoms with Crippen LogP contribution in [0.4, 0.5) is 0 Å². The lowest BCUT2D eigenvalue weighted by molar-refractivity contribution is 0.0550. The second-order valence-electron chi connectivity index (χ2n) is 4.00. The van der Waals surface area contributed by atoms with Gasteiger partial charge in [-0.3, -0.25) is 0 Å². The fourth-order valence-corrected chi connectivity index (χ4v) is 1.83. The quantitative estimate of drug-likeness (QED) is 0.705. The van der Waals surface area contributed by atoms with Gasteiger partial charge in [-0.2, -0.15) is 0 Å². The van der Waals surface area contributed by atoms with E-state index in [0.29, 0.717) is 6.79 Å². The maximum atomic E-state index is 5.81. The summed E-state index contributed by atoms with van der Waals surface area (Å²) in [4.78, 5) is 0. The third kappa shape index (κ3) is 2.80. The van der Waals surface area contributed by atoms with E-state index >= 15 is 0 Å². The molecular weight excluding hydrogens is 216 g/mol. The number of ether oxygens (including phenoxy) is 3. The molecule has 1 unspecified atom stereocenters. The summed E-state index contributed by atoms with van der Waals surface area (Å²) in [6.45, 7) is 6.94. The summed E-state index contributed by atoms with van der Waals surface area (Å²) < 4.78 is 16.5. The van der Waals surface area contributed by atoms with Crippen molar-refractivity contribution in [1.82, 2.24) is 0 Å². The van der Waals surface area contributed by atoms with Crippen LogP contribution in [-0.4, -0.2) is 13.4 Å². The van der Waals surface area contributed by atoms with Crippen LogP contribution in [0, 0.1) is 0 Å². The largest absolute Gasteiger partial charge is 0.454 e. The highest BCUT2D eigenvalue weighted by molar-refractivity contribution is 5.45. The van der Waals surface area contributed by atoms with Crippen LogP contribution < -0.4 is 9.47 Å². The molecule has 1 aromatic rings. The lowest BCUT2D eigenvalue weighted by Gasteiger charge is -2.16. The van der Waals surface area contributed by atoms with Crippen molar-refractivity contribution in [3.63, 3.8) is 0 Å². The number of hydrogen-bond acceptors (Lipinski definition) is 3. The molecule has 2 rings (SSSR count). The van der Waals surface area contributed by atoms with Gasteiger partial charge < -0.3 is 14.2 Å². The summed E-state index contributed by atoms with van der Waals surface area (Å²) in [5, 5.41) is 0. The Morgan fingerprint density at radius 2 is 2.24 bits per heavy atom. The first-order valence-corrected chi connectivity index (χ1v) is 5.97. The van der Waals surface area contributed by atoms with E-state index < -0.39 is 0 Å². The van der Waals surface area contributed by atoms with Gasteiger partial charge in [-0.05, 0) is 30.5 Å². The molecule has 1 atom stereocenters. The second-order valence-corrected chi connectivity index (χ2v) is 4.00. The molecule has 0 fully saturated rings. The summed E-state index contributed by atoms with van der Waals surface area (Å²) in [6.07, 6.45) is 3.75. The van der Waals surface area contributed by atoms with E-state index in [1.807, 2.05) is 24.3 Å². The fraction of sp³-hybridized carbons (Fsp3) is 0.429. The Hall–Kier alpha value is -1.48. The zero-order chi connectivity index (χ0) is 12.1. The maximum absolute atomic E-state index is 5.81. The summed E-state index contributed by atoms with van der Waals surface area (Å²) in [5.74, 6) is 1.61. The molecule has 1 aliphatic heterocycles. The van der Waals surface area contributed by atoms with Gasteiger partial charge in [-0.15, -0.1) is 6.58 Å². The minimum atomic E-state index is 0.0574. The van der Waals surface area contributed by atoms with Crippen LogP contribution in [0.1, 0.15) is 31.4 Å². The van der Waals surface area contributed by atoms with E-state index in [0.717, 1.165) is 36.5 Å². The molecule has 0 amide bonds. The molecule has 0 spiro atoms. The van der Waals surface area contributed by atoms with Gasteiger partial charge in [-0.25, -0.2) is 0 Å². The van der Waals surface area contributed by atoms with Crippen molar-refractivity contribution in [2.75, 3.05) is 13.4 Å². The zero-order valence-corrected chi connectivity index (χ0v) is 10.1. The monoisotopic (exact) mass is 234 g/mol. The SMILES string of the molecule is C=CCC(OCCC)c1ccc2c(c1)OCO2. The van der Waals surface area contributed by atoms with Crippen LogP contribution in [0.15, 0.2) is 30.9 Å². The van der Waals surface area contributed by atoms with Crippen molar-refractivity contribution in [2.24, 2.45) is 0 Å². The Morgan fingerprint density at radius 3 is 3.00 bits per heavy atom. The summed E-state index contributed by atoms with van der Waals surface area (Å²) in [5.41, 5.74) is 1.11. The highest BCUT2D eigenvalue weighted by Gasteiger charge is 2.17. The molecule has 1 aromatic carbocycles. The van der Waals surface area contributed by atoms with Crippen molar-refractivity contribution < 1.29 is 14.2 Å². The van der Waals surface area contributed by atoms with Crippen LogP contribution in [0.5, 0.6) is 11.5 Å². The Labute approximate surface area is 102 Å². The molecular formula is C14H18O3. The van der Waals surface area contributed by atoms with E-state index in [1.165, 1.54) is 0 Å². The topological polar surface area (TPSA) is 27.7 Å². The van der Waals surface area contributed by atoms with Gasteiger partial charge in [0, 0.05) is 6.61 Å². The Balaban J connectivity index is 2.14. The molecule has 17 heavy (non-hydrogen) atoms. The van der Waals surface area contributed by atoms with Gasteiger partial charge in [0.05, 0.1) is 6.10 Å². The van der Waals surface area contributed by atoms with E-state index in [9.17, 15) is 0 Å². The van der Waals surface area contributed by atoms with E-state index in [-0.39, 0.29) is 6.10 Å². The van der Waals surface area contributed by atoms with Crippen LogP contribution >= 0.6 is 0 Å². The third-order valence-electron chi connectivity index (χ3n) is 2.67. The van der Waals surface area contributed by atoms with Gasteiger partial charge in [0.25, 0.3) is 0 Å². The average molecular weight is 234 g/mol. The van der Waals surface area contributed by atoms with Crippen molar-refractivity contribution in [3.05, 3.63) is 36.4 Å². The van der Waals surface area contributed by atoms with Gasteiger partial charge in [0.15, 0.2) is 11.5 Å². The number of rotatable bonds is 6. The maximum Gasteiger partial charge on any atom is 0.231 e. The third-order valence-corrected chi connectivity index (χ3v) is 2.67. The molecule has 0 aromatic heterocycles. The van der Waals surface area contributed by atoms with Gasteiger partial charge >= 0.3 is 0 Å². The molecule has 0 aliphatic carbocycles. The van der Waals surface area contributed by atoms with E-state index in [2.05, 4.69) is 13.5 Å². The van der Waals surface area contributed by atoms with Crippen molar-refractivity contribution in [2.45, 2.75) is 25.9 Å². The fourth-order valence-electron chi connectivity index (χ4n) is 1.83. The minimum absolute atomic E-state index is 0.0574. The first-order valence-electron chi connectivity index (χ1n) is 5.97. The van der Waals surface area contributed by atoms with Crippen LogP contribution in [0.3, 0.4) is 0 Å². The van der Waals surface area contributed by atoms with Crippen molar-refractivity contribution in [3.8, 4) is 11.5 Å². The van der Waals surface area contributed by atoms with Crippen molar-refractivity contribution in [1.29, 1.82) is 0 Å². The van der Waals surface area contributed by atoms with E-state index in [1.54, 1.807) is 0 Å². The molecule has 3 heteroatoms. The average Bonchev–Trinajstić information content (AvgIpc) is 2.81.